The average molecular weight is 396 g/mol. The van der Waals surface area contributed by atoms with E-state index in [9.17, 15) is 18.4 Å². The zero-order valence-electron chi connectivity index (χ0n) is 14.5. The summed E-state index contributed by atoms with van der Waals surface area (Å²) >= 11 is 1.69. The lowest BCUT2D eigenvalue weighted by Crippen LogP contribution is -2.42. The van der Waals surface area contributed by atoms with Crippen molar-refractivity contribution in [1.29, 1.82) is 0 Å². The molecule has 9 heteroatoms. The molecule has 1 aromatic carbocycles. The van der Waals surface area contributed by atoms with Crippen LogP contribution < -0.4 is 14.8 Å². The molecule has 6 nitrogen and oxygen atoms in total. The summed E-state index contributed by atoms with van der Waals surface area (Å²) in [6.45, 7) is -1.98. The molecule has 0 atom stereocenters. The maximum Gasteiger partial charge on any atom is 0.387 e. The lowest BCUT2D eigenvalue weighted by molar-refractivity contribution is -0.131. The van der Waals surface area contributed by atoms with E-state index in [0.29, 0.717) is 13.1 Å². The van der Waals surface area contributed by atoms with Gasteiger partial charge in [0.05, 0.1) is 13.7 Å². The molecule has 1 aliphatic heterocycles. The van der Waals surface area contributed by atoms with Crippen molar-refractivity contribution < 1.29 is 27.8 Å². The summed E-state index contributed by atoms with van der Waals surface area (Å²) in [5.74, 6) is -0.835. The van der Waals surface area contributed by atoms with Gasteiger partial charge >= 0.3 is 6.61 Å². The number of carbonyl (C=O) groups is 2. The van der Waals surface area contributed by atoms with Gasteiger partial charge in [0.2, 0.25) is 5.91 Å². The van der Waals surface area contributed by atoms with E-state index in [1.54, 1.807) is 16.2 Å². The van der Waals surface area contributed by atoms with E-state index < -0.39 is 12.5 Å². The van der Waals surface area contributed by atoms with Gasteiger partial charge in [-0.3, -0.25) is 9.59 Å². The standard InChI is InChI=1S/C18H18F2N2O4S/c1-25-14-8-11(2-3-13(14)26-18(19)20)17(24)21-9-16(23)22-6-4-15-12(10-22)5-7-27-15/h2-3,5,7-8,18H,4,6,9-10H2,1H3,(H,21,24). The van der Waals surface area contributed by atoms with Crippen LogP contribution in [0.15, 0.2) is 29.6 Å². The molecule has 0 fully saturated rings. The molecule has 0 saturated carbocycles. The first kappa shape index (κ1) is 19.1. The third-order valence-corrected chi connectivity index (χ3v) is 5.23. The summed E-state index contributed by atoms with van der Waals surface area (Å²) in [5, 5.41) is 4.56. The summed E-state index contributed by atoms with van der Waals surface area (Å²) in [5.41, 5.74) is 1.32. The molecule has 0 spiro atoms. The molecule has 0 bridgehead atoms. The predicted octanol–water partition coefficient (Wildman–Crippen LogP) is 2.67. The van der Waals surface area contributed by atoms with E-state index in [4.69, 9.17) is 4.74 Å². The zero-order chi connectivity index (χ0) is 19.4. The van der Waals surface area contributed by atoms with Crippen LogP contribution in [0.4, 0.5) is 8.78 Å². The van der Waals surface area contributed by atoms with Crippen LogP contribution in [0.3, 0.4) is 0 Å². The topological polar surface area (TPSA) is 67.9 Å². The molecule has 2 aromatic rings. The minimum absolute atomic E-state index is 0.00953. The van der Waals surface area contributed by atoms with E-state index in [-0.39, 0.29) is 29.5 Å². The Morgan fingerprint density at radius 2 is 2.11 bits per heavy atom. The van der Waals surface area contributed by atoms with Gasteiger partial charge in [-0.1, -0.05) is 0 Å². The maximum absolute atomic E-state index is 12.4. The molecule has 1 aromatic heterocycles. The Labute approximate surface area is 158 Å². The summed E-state index contributed by atoms with van der Waals surface area (Å²) in [6.07, 6.45) is 0.815. The number of methoxy groups -OCH3 is 1. The number of hydrogen-bond acceptors (Lipinski definition) is 5. The van der Waals surface area contributed by atoms with E-state index >= 15 is 0 Å². The second kappa shape index (κ2) is 8.34. The molecule has 1 aliphatic rings. The smallest absolute Gasteiger partial charge is 0.387 e. The van der Waals surface area contributed by atoms with Gasteiger partial charge in [0.25, 0.3) is 5.91 Å². The van der Waals surface area contributed by atoms with E-state index in [0.717, 1.165) is 12.0 Å². The van der Waals surface area contributed by atoms with Gasteiger partial charge in [0.15, 0.2) is 11.5 Å². The molecule has 0 unspecified atom stereocenters. The Bertz CT molecular complexity index is 841. The summed E-state index contributed by atoms with van der Waals surface area (Å²) < 4.78 is 34.0. The fourth-order valence-corrected chi connectivity index (χ4v) is 3.72. The highest BCUT2D eigenvalue weighted by Gasteiger charge is 2.22. The molecular formula is C18H18F2N2O4S. The first-order chi connectivity index (χ1) is 13.0. The van der Waals surface area contributed by atoms with Crippen LogP contribution in [0.25, 0.3) is 0 Å². The number of carbonyl (C=O) groups excluding carboxylic acids is 2. The molecule has 1 N–H and O–H groups in total. The van der Waals surface area contributed by atoms with Crippen molar-refractivity contribution in [2.24, 2.45) is 0 Å². The number of amides is 2. The number of ether oxygens (including phenoxy) is 2. The second-order valence-corrected chi connectivity index (χ2v) is 6.86. The number of thiophene rings is 1. The molecule has 3 rings (SSSR count). The number of alkyl halides is 2. The third kappa shape index (κ3) is 4.54. The number of nitrogens with one attached hydrogen (secondary N) is 1. The minimum Gasteiger partial charge on any atom is -0.493 e. The van der Waals surface area contributed by atoms with Gasteiger partial charge in [-0.05, 0) is 41.6 Å². The van der Waals surface area contributed by atoms with Crippen molar-refractivity contribution >= 4 is 23.2 Å². The molecule has 0 radical (unpaired) electrons. The van der Waals surface area contributed by atoms with Crippen molar-refractivity contribution in [3.63, 3.8) is 0 Å². The van der Waals surface area contributed by atoms with Gasteiger partial charge in [0, 0.05) is 23.5 Å². The van der Waals surface area contributed by atoms with Crippen LogP contribution in [0, 0.1) is 0 Å². The quantitative estimate of drug-likeness (QED) is 0.815. The average Bonchev–Trinajstić information content (AvgIpc) is 3.13. The fourth-order valence-electron chi connectivity index (χ4n) is 2.83. The summed E-state index contributed by atoms with van der Waals surface area (Å²) in [6, 6.07) is 5.85. The molecule has 0 aliphatic carbocycles. The first-order valence-electron chi connectivity index (χ1n) is 8.22. The van der Waals surface area contributed by atoms with Crippen molar-refractivity contribution in [1.82, 2.24) is 10.2 Å². The highest BCUT2D eigenvalue weighted by Crippen LogP contribution is 2.29. The number of halogens is 2. The van der Waals surface area contributed by atoms with E-state index in [1.165, 1.54) is 30.2 Å². The van der Waals surface area contributed by atoms with Gasteiger partial charge in [-0.25, -0.2) is 0 Å². The van der Waals surface area contributed by atoms with Crippen LogP contribution >= 0.6 is 11.3 Å². The Morgan fingerprint density at radius 1 is 1.30 bits per heavy atom. The largest absolute Gasteiger partial charge is 0.493 e. The predicted molar refractivity (Wildman–Crippen MR) is 95.4 cm³/mol. The number of rotatable bonds is 6. The fraction of sp³-hybridized carbons (Fsp3) is 0.333. The number of nitrogens with zero attached hydrogens (tertiary/aromatic N) is 1. The SMILES string of the molecule is COc1cc(C(=O)NCC(=O)N2CCc3sccc3C2)ccc1OC(F)F. The van der Waals surface area contributed by atoms with Crippen LogP contribution in [-0.2, 0) is 17.8 Å². The molecule has 27 heavy (non-hydrogen) atoms. The Balaban J connectivity index is 1.58. The summed E-state index contributed by atoms with van der Waals surface area (Å²) in [4.78, 5) is 27.6. The second-order valence-electron chi connectivity index (χ2n) is 5.86. The van der Waals surface area contributed by atoms with Crippen LogP contribution in [0.5, 0.6) is 11.5 Å². The summed E-state index contributed by atoms with van der Waals surface area (Å²) in [7, 11) is 1.29. The van der Waals surface area contributed by atoms with Crippen molar-refractivity contribution in [2.75, 3.05) is 20.2 Å². The molecular weight excluding hydrogens is 378 g/mol. The molecule has 2 heterocycles. The van der Waals surface area contributed by atoms with Gasteiger partial charge in [0.1, 0.15) is 0 Å². The lowest BCUT2D eigenvalue weighted by atomic mass is 10.1. The van der Waals surface area contributed by atoms with Crippen molar-refractivity contribution in [3.8, 4) is 11.5 Å². The lowest BCUT2D eigenvalue weighted by Gasteiger charge is -2.27. The van der Waals surface area contributed by atoms with E-state index in [1.807, 2.05) is 11.4 Å². The van der Waals surface area contributed by atoms with E-state index in [2.05, 4.69) is 10.1 Å². The van der Waals surface area contributed by atoms with Crippen LogP contribution in [-0.4, -0.2) is 43.5 Å². The molecule has 2 amide bonds. The normalized spacial score (nSPS) is 13.3. The van der Waals surface area contributed by atoms with Gasteiger partial charge in [-0.2, -0.15) is 8.78 Å². The Morgan fingerprint density at radius 3 is 2.85 bits per heavy atom. The van der Waals surface area contributed by atoms with Crippen LogP contribution in [0.1, 0.15) is 20.8 Å². The Hall–Kier alpha value is -2.68. The minimum atomic E-state index is -3.00. The highest BCUT2D eigenvalue weighted by molar-refractivity contribution is 7.10. The zero-order valence-corrected chi connectivity index (χ0v) is 15.4. The Kier molecular flexibility index (Phi) is 5.90. The maximum atomic E-state index is 12.4. The van der Waals surface area contributed by atoms with Crippen molar-refractivity contribution in [3.05, 3.63) is 45.6 Å². The highest BCUT2D eigenvalue weighted by atomic mass is 32.1. The number of fused-ring (bicyclic) bond motifs is 1. The van der Waals surface area contributed by atoms with Crippen molar-refractivity contribution in [2.45, 2.75) is 19.6 Å². The monoisotopic (exact) mass is 396 g/mol. The number of hydrogen-bond donors (Lipinski definition) is 1. The van der Waals surface area contributed by atoms with Gasteiger partial charge < -0.3 is 19.7 Å². The number of benzene rings is 1. The third-order valence-electron chi connectivity index (χ3n) is 4.20. The molecule has 0 saturated heterocycles. The first-order valence-corrected chi connectivity index (χ1v) is 9.10. The van der Waals surface area contributed by atoms with Gasteiger partial charge in [-0.15, -0.1) is 11.3 Å². The molecule has 144 valence electrons. The van der Waals surface area contributed by atoms with Crippen LogP contribution in [0.2, 0.25) is 0 Å².